The van der Waals surface area contributed by atoms with Gasteiger partial charge in [-0.1, -0.05) is 0 Å². The zero-order valence-corrected chi connectivity index (χ0v) is 6.02. The Hall–Kier alpha value is -2.12. The van der Waals surface area contributed by atoms with Gasteiger partial charge in [-0.2, -0.15) is 9.35 Å². The van der Waals surface area contributed by atoms with Gasteiger partial charge in [0.25, 0.3) is 5.56 Å². The quantitative estimate of drug-likeness (QED) is 0.300. The van der Waals surface area contributed by atoms with Crippen LogP contribution in [0.3, 0.4) is 0 Å². The highest BCUT2D eigenvalue weighted by Crippen LogP contribution is 1.99. The maximum Gasteiger partial charge on any atom is 0.370 e. The van der Waals surface area contributed by atoms with E-state index < -0.39 is 11.2 Å². The van der Waals surface area contributed by atoms with Gasteiger partial charge in [0.15, 0.2) is 5.82 Å². The van der Waals surface area contributed by atoms with Crippen molar-refractivity contribution < 1.29 is 0 Å². The molecule has 0 aliphatic heterocycles. The second-order valence-electron chi connectivity index (χ2n) is 2.13. The summed E-state index contributed by atoms with van der Waals surface area (Å²) in [6.07, 6.45) is 0. The molecule has 0 amide bonds. The smallest absolute Gasteiger partial charge is 0.370 e. The number of nitrogens with zero attached hydrogens (tertiary/aromatic N) is 2. The Labute approximate surface area is 65.9 Å². The van der Waals surface area contributed by atoms with Crippen molar-refractivity contribution in [1.82, 2.24) is 9.35 Å². The predicted molar refractivity (Wildman–Crippen MR) is 44.1 cm³/mol. The minimum Gasteiger partial charge on any atom is -0.391 e. The molecule has 0 bridgehead atoms. The molecule has 12 heavy (non-hydrogen) atoms. The minimum atomic E-state index is -0.924. The monoisotopic (exact) mass is 172 g/mol. The number of anilines is 2. The van der Waals surface area contributed by atoms with Crippen molar-refractivity contribution in [3.63, 3.8) is 0 Å². The van der Waals surface area contributed by atoms with E-state index in [0.717, 1.165) is 0 Å². The highest BCUT2D eigenvalue weighted by molar-refractivity contribution is 5.56. The maximum atomic E-state index is 10.9. The summed E-state index contributed by atoms with van der Waals surface area (Å²) in [5.41, 5.74) is 8.24. The van der Waals surface area contributed by atoms with Crippen molar-refractivity contribution >= 4 is 11.5 Å². The molecule has 8 N–H and O–H groups in total. The first-order valence-electron chi connectivity index (χ1n) is 2.90. The Morgan fingerprint density at radius 2 is 1.50 bits per heavy atom. The third kappa shape index (κ3) is 0.779. The first-order valence-corrected chi connectivity index (χ1v) is 2.90. The molecule has 0 unspecified atom stereocenters. The fraction of sp³-hybridized carbons (Fsp3) is 0. The Morgan fingerprint density at radius 1 is 1.00 bits per heavy atom. The van der Waals surface area contributed by atoms with Gasteiger partial charge in [-0.3, -0.25) is 4.79 Å². The molecule has 0 saturated carbocycles. The van der Waals surface area contributed by atoms with Crippen molar-refractivity contribution in [2.24, 2.45) is 0 Å². The largest absolute Gasteiger partial charge is 0.391 e. The van der Waals surface area contributed by atoms with Crippen molar-refractivity contribution in [2.75, 3.05) is 23.2 Å². The summed E-state index contributed by atoms with van der Waals surface area (Å²) in [6.45, 7) is 0. The molecule has 1 aromatic heterocycles. The lowest BCUT2D eigenvalue weighted by molar-refractivity contribution is 0.762. The number of aromatic nitrogens is 2. The molecule has 0 aromatic carbocycles. The van der Waals surface area contributed by atoms with E-state index in [2.05, 4.69) is 0 Å². The molecule has 0 aliphatic carbocycles. The van der Waals surface area contributed by atoms with Crippen LogP contribution in [-0.2, 0) is 0 Å². The van der Waals surface area contributed by atoms with E-state index in [1.165, 1.54) is 0 Å². The summed E-state index contributed by atoms with van der Waals surface area (Å²) in [7, 11) is 0. The summed E-state index contributed by atoms with van der Waals surface area (Å²) < 4.78 is 0.780. The Balaban J connectivity index is 3.86. The number of hydrogen-bond acceptors (Lipinski definition) is 6. The summed E-state index contributed by atoms with van der Waals surface area (Å²) in [5, 5.41) is 0. The van der Waals surface area contributed by atoms with Crippen molar-refractivity contribution in [2.45, 2.75) is 0 Å². The van der Waals surface area contributed by atoms with Gasteiger partial charge in [-0.05, 0) is 0 Å². The van der Waals surface area contributed by atoms with E-state index in [-0.39, 0.29) is 16.2 Å². The van der Waals surface area contributed by atoms with Crippen LogP contribution in [0.5, 0.6) is 0 Å². The summed E-state index contributed by atoms with van der Waals surface area (Å²) in [5.74, 6) is 9.82. The van der Waals surface area contributed by atoms with Crippen LogP contribution in [0, 0.1) is 0 Å². The molecule has 0 fully saturated rings. The molecule has 0 aliphatic rings. The highest BCUT2D eigenvalue weighted by Gasteiger charge is 2.09. The molecule has 8 nitrogen and oxygen atoms in total. The Bertz CT molecular complexity index is 391. The highest BCUT2D eigenvalue weighted by atomic mass is 16.2. The third-order valence-electron chi connectivity index (χ3n) is 1.40. The second kappa shape index (κ2) is 2.19. The van der Waals surface area contributed by atoms with Gasteiger partial charge in [0.05, 0.1) is 0 Å². The number of nitrogen functional groups attached to an aromatic ring is 4. The average Bonchev–Trinajstić information content (AvgIpc) is 2.08. The summed E-state index contributed by atoms with van der Waals surface area (Å²) in [6, 6.07) is 0. The lowest BCUT2D eigenvalue weighted by Gasteiger charge is -2.06. The van der Waals surface area contributed by atoms with E-state index in [4.69, 9.17) is 23.2 Å². The SMILES string of the molecule is Nc1c(N)n(N)c(=O)n(N)c1=O. The van der Waals surface area contributed by atoms with E-state index >= 15 is 0 Å². The number of nitrogens with two attached hydrogens (primary N) is 4. The van der Waals surface area contributed by atoms with E-state index in [1.54, 1.807) is 0 Å². The van der Waals surface area contributed by atoms with Crippen LogP contribution in [-0.4, -0.2) is 9.35 Å². The lowest BCUT2D eigenvalue weighted by atomic mass is 10.5. The Kier molecular flexibility index (Phi) is 1.45. The van der Waals surface area contributed by atoms with Gasteiger partial charge in [0.2, 0.25) is 0 Å². The molecule has 1 aromatic rings. The van der Waals surface area contributed by atoms with Gasteiger partial charge in [0.1, 0.15) is 5.69 Å². The predicted octanol–water partition coefficient (Wildman–Crippen LogP) is -3.40. The lowest BCUT2D eigenvalue weighted by Crippen LogP contribution is -2.48. The first kappa shape index (κ1) is 7.98. The van der Waals surface area contributed by atoms with Crippen LogP contribution in [0.1, 0.15) is 0 Å². The van der Waals surface area contributed by atoms with E-state index in [9.17, 15) is 9.59 Å². The fourth-order valence-corrected chi connectivity index (χ4v) is 0.675. The van der Waals surface area contributed by atoms with Crippen molar-refractivity contribution in [1.29, 1.82) is 0 Å². The van der Waals surface area contributed by atoms with E-state index in [0.29, 0.717) is 4.68 Å². The zero-order valence-electron chi connectivity index (χ0n) is 6.02. The molecule has 1 heterocycles. The molecular formula is C4H8N6O2. The van der Waals surface area contributed by atoms with Gasteiger partial charge in [0, 0.05) is 0 Å². The first-order chi connectivity index (χ1) is 5.46. The molecule has 0 radical (unpaired) electrons. The molecular weight excluding hydrogens is 164 g/mol. The third-order valence-corrected chi connectivity index (χ3v) is 1.40. The normalized spacial score (nSPS) is 10.0. The van der Waals surface area contributed by atoms with E-state index in [1.807, 2.05) is 0 Å². The molecule has 1 rings (SSSR count). The van der Waals surface area contributed by atoms with Gasteiger partial charge in [-0.25, -0.2) is 4.79 Å². The second-order valence-corrected chi connectivity index (χ2v) is 2.13. The van der Waals surface area contributed by atoms with Crippen LogP contribution < -0.4 is 34.4 Å². The van der Waals surface area contributed by atoms with Gasteiger partial charge >= 0.3 is 5.69 Å². The van der Waals surface area contributed by atoms with Crippen LogP contribution >= 0.6 is 0 Å². The standard InChI is InChI=1S/C4H8N6O2/c5-1-2(6)9(7)4(12)10(8)3(1)11/h5-8H2. The van der Waals surface area contributed by atoms with Crippen LogP contribution in [0.15, 0.2) is 9.59 Å². The topological polar surface area (TPSA) is 148 Å². The molecule has 66 valence electrons. The summed E-state index contributed by atoms with van der Waals surface area (Å²) >= 11 is 0. The summed E-state index contributed by atoms with van der Waals surface area (Å²) in [4.78, 5) is 21.8. The van der Waals surface area contributed by atoms with Gasteiger partial charge in [-0.15, -0.1) is 0 Å². The Morgan fingerprint density at radius 3 is 2.00 bits per heavy atom. The van der Waals surface area contributed by atoms with Gasteiger partial charge < -0.3 is 23.2 Å². The van der Waals surface area contributed by atoms with Crippen LogP contribution in [0.4, 0.5) is 11.5 Å². The van der Waals surface area contributed by atoms with Crippen molar-refractivity contribution in [3.8, 4) is 0 Å². The molecule has 0 spiro atoms. The van der Waals surface area contributed by atoms with Crippen LogP contribution in [0.25, 0.3) is 0 Å². The van der Waals surface area contributed by atoms with Crippen LogP contribution in [0.2, 0.25) is 0 Å². The zero-order chi connectivity index (χ0) is 9.46. The molecule has 8 heteroatoms. The minimum absolute atomic E-state index is 0.283. The fourth-order valence-electron chi connectivity index (χ4n) is 0.675. The molecule has 0 saturated heterocycles. The van der Waals surface area contributed by atoms with Crippen molar-refractivity contribution in [3.05, 3.63) is 20.8 Å². The number of hydrogen-bond donors (Lipinski definition) is 4. The maximum absolute atomic E-state index is 10.9. The number of rotatable bonds is 0. The average molecular weight is 172 g/mol. The molecule has 0 atom stereocenters.